The summed E-state index contributed by atoms with van der Waals surface area (Å²) in [5.74, 6) is 7.32. The molecule has 0 spiro atoms. The van der Waals surface area contributed by atoms with E-state index in [9.17, 15) is 65.1 Å². The predicted octanol–water partition coefficient (Wildman–Crippen LogP) is 18.4. The lowest BCUT2D eigenvalue weighted by Gasteiger charge is -2.66. The maximum Gasteiger partial charge on any atom is 0.305 e. The molecule has 0 amide bonds. The number of methoxy groups -OCH3 is 5. The van der Waals surface area contributed by atoms with Crippen molar-refractivity contribution in [1.29, 1.82) is 0 Å². The van der Waals surface area contributed by atoms with Crippen LogP contribution in [-0.4, -0.2) is 209 Å². The van der Waals surface area contributed by atoms with E-state index in [0.29, 0.717) is 153 Å². The van der Waals surface area contributed by atoms with Gasteiger partial charge in [0, 0.05) is 52.4 Å². The van der Waals surface area contributed by atoms with Crippen LogP contribution in [0.5, 0.6) is 0 Å². The number of fused-ring (bicyclic) bond motifs is 20. The van der Waals surface area contributed by atoms with Gasteiger partial charge in [0.1, 0.15) is 20.4 Å². The van der Waals surface area contributed by atoms with Gasteiger partial charge in [-0.25, -0.2) is 0 Å². The highest BCUT2D eigenvalue weighted by atomic mass is 16.7. The SMILES string of the molecule is CC[C@H]1[C@@H](O)C2C3CC[C@H]([C@H](C)CCC(=O)O)[C@@]3(C)[C@@H](O)CC2[C@@]2(C)CC[C@@H](O)C[C@@H]12.CC[C@H]1[C@@H](O)C2C3CC[C@H]([C@H](C)CCC(=O)O)[C@@]3(C)[C@@H](O)CC2[C@@]2(C)CC[C@@H](O)C[C@@H]12.CC[C@H]1[C@@H](O)C2C3CC[C@H]([C@H](C)CCC(=O)OC)[C@@]3(C)[C@@H](O)CC2[C@@]2(C)CC[C@@H](O)C[C@@H]12.CC[C@H]1[C@@H](OCOC)C2C3CC[C@H]([C@H](C)CCC(=O)OC)[C@@]3(C)[C@@H](OCOC)CC2[C@@]2(C)CC[C@@H](OCOC)C[C@@H]12. The van der Waals surface area contributed by atoms with Crippen molar-refractivity contribution >= 4 is 23.9 Å². The molecular weight excluding hydrogens is 1710 g/mol. The average Bonchev–Trinajstić information content (AvgIpc) is 1.66. The summed E-state index contributed by atoms with van der Waals surface area (Å²) in [6.07, 6.45) is 28.3. The molecule has 135 heavy (non-hydrogen) atoms. The van der Waals surface area contributed by atoms with Gasteiger partial charge in [0.15, 0.2) is 0 Å². The third-order valence-corrected chi connectivity index (χ3v) is 45.8. The lowest BCUT2D eigenvalue weighted by molar-refractivity contribution is -0.267. The van der Waals surface area contributed by atoms with Crippen molar-refractivity contribution in [2.24, 2.45) is 209 Å². The average molecular weight is 1910 g/mol. The van der Waals surface area contributed by atoms with Crippen molar-refractivity contribution in [3.8, 4) is 0 Å². The van der Waals surface area contributed by atoms with Gasteiger partial charge in [-0.3, -0.25) is 19.2 Å². The molecule has 0 aromatic carbocycles. The smallest absolute Gasteiger partial charge is 0.305 e. The summed E-state index contributed by atoms with van der Waals surface area (Å²) in [5, 5.41) is 120. The molecule has 0 aromatic rings. The zero-order valence-corrected chi connectivity index (χ0v) is 87.5. The van der Waals surface area contributed by atoms with Crippen LogP contribution in [0.3, 0.4) is 0 Å². The fraction of sp³-hybridized carbons (Fsp3) is 0.964. The summed E-state index contributed by atoms with van der Waals surface area (Å²) in [4.78, 5) is 46.0. The summed E-state index contributed by atoms with van der Waals surface area (Å²) < 4.78 is 45.7. The second-order valence-corrected chi connectivity index (χ2v) is 50.4. The largest absolute Gasteiger partial charge is 0.481 e. The number of aliphatic hydroxyl groups is 9. The van der Waals surface area contributed by atoms with Crippen LogP contribution in [0.2, 0.25) is 0 Å². The number of carbonyl (C=O) groups excluding carboxylic acids is 2. The first-order valence-corrected chi connectivity index (χ1v) is 54.9. The normalized spacial score (nSPS) is 49.3. The molecule has 0 bridgehead atoms. The Labute approximate surface area is 812 Å². The highest BCUT2D eigenvalue weighted by Crippen LogP contribution is 2.76. The Hall–Kier alpha value is -2.72. The quantitative estimate of drug-likeness (QED) is 0.0245. The number of carbonyl (C=O) groups is 4. The van der Waals surface area contributed by atoms with Crippen LogP contribution in [-0.2, 0) is 57.1 Å². The summed E-state index contributed by atoms with van der Waals surface area (Å²) in [6, 6.07) is 0. The number of aliphatic hydroxyl groups excluding tert-OH is 9. The van der Waals surface area contributed by atoms with Crippen molar-refractivity contribution < 1.29 is 113 Å². The van der Waals surface area contributed by atoms with Gasteiger partial charge in [-0.1, -0.05) is 136 Å². The van der Waals surface area contributed by atoms with Crippen molar-refractivity contribution in [1.82, 2.24) is 0 Å². The van der Waals surface area contributed by atoms with E-state index in [-0.39, 0.29) is 188 Å². The molecule has 16 aliphatic carbocycles. The van der Waals surface area contributed by atoms with Crippen LogP contribution in [0.4, 0.5) is 0 Å². The van der Waals surface area contributed by atoms with Gasteiger partial charge in [-0.2, -0.15) is 0 Å². The Morgan fingerprint density at radius 1 is 0.311 bits per heavy atom. The zero-order valence-electron chi connectivity index (χ0n) is 87.5. The molecule has 23 nitrogen and oxygen atoms in total. The Morgan fingerprint density at radius 2 is 0.600 bits per heavy atom. The highest BCUT2D eigenvalue weighted by molar-refractivity contribution is 5.69. The molecule has 0 aliphatic heterocycles. The minimum atomic E-state index is -0.747. The van der Waals surface area contributed by atoms with Gasteiger partial charge in [0.2, 0.25) is 0 Å². The van der Waals surface area contributed by atoms with E-state index in [4.69, 9.17) is 48.1 Å². The van der Waals surface area contributed by atoms with E-state index in [1.807, 2.05) is 0 Å². The number of hydrogen-bond donors (Lipinski definition) is 11. The monoisotopic (exact) mass is 1910 g/mol. The molecule has 0 aromatic heterocycles. The number of ether oxygens (including phenoxy) is 8. The first-order chi connectivity index (χ1) is 63.9. The third kappa shape index (κ3) is 19.8. The second-order valence-electron chi connectivity index (χ2n) is 50.4. The van der Waals surface area contributed by atoms with Crippen LogP contribution < -0.4 is 0 Å². The van der Waals surface area contributed by atoms with E-state index in [1.165, 1.54) is 20.6 Å². The Morgan fingerprint density at radius 3 is 0.919 bits per heavy atom. The molecular formula is C112H192O23. The molecule has 778 valence electrons. The Kier molecular flexibility index (Phi) is 35.9. The molecule has 0 radical (unpaired) electrons. The minimum Gasteiger partial charge on any atom is -0.481 e. The molecule has 16 fully saturated rings. The maximum absolute atomic E-state index is 12.0. The fourth-order valence-corrected chi connectivity index (χ4v) is 39.0. The second kappa shape index (κ2) is 44.3. The Balaban J connectivity index is 0.000000153. The van der Waals surface area contributed by atoms with Crippen LogP contribution in [0.15, 0.2) is 0 Å². The summed E-state index contributed by atoms with van der Waals surface area (Å²) in [6.45, 7) is 37.7. The first-order valence-electron chi connectivity index (χ1n) is 54.9. The maximum atomic E-state index is 12.0. The minimum absolute atomic E-state index is 0.0236. The lowest BCUT2D eigenvalue weighted by Crippen LogP contribution is -2.66. The van der Waals surface area contributed by atoms with Gasteiger partial charge in [-0.15, -0.1) is 0 Å². The molecule has 0 heterocycles. The van der Waals surface area contributed by atoms with E-state index in [2.05, 4.69) is 111 Å². The van der Waals surface area contributed by atoms with Crippen molar-refractivity contribution in [3.63, 3.8) is 0 Å². The van der Waals surface area contributed by atoms with E-state index < -0.39 is 24.1 Å². The third-order valence-electron chi connectivity index (χ3n) is 45.8. The van der Waals surface area contributed by atoms with Crippen molar-refractivity contribution in [3.05, 3.63) is 0 Å². The van der Waals surface area contributed by atoms with Gasteiger partial charge in [0.25, 0.3) is 0 Å². The molecule has 12 unspecified atom stereocenters. The summed E-state index contributed by atoms with van der Waals surface area (Å²) in [7, 11) is 8.07. The number of carboxylic acid groups (broad SMARTS) is 2. The number of rotatable bonds is 29. The number of carboxylic acids is 2. The molecule has 16 aliphatic rings. The van der Waals surface area contributed by atoms with Gasteiger partial charge >= 0.3 is 23.9 Å². The Bertz CT molecular complexity index is 3740. The zero-order chi connectivity index (χ0) is 98.6. The van der Waals surface area contributed by atoms with Crippen LogP contribution >= 0.6 is 0 Å². The van der Waals surface area contributed by atoms with Gasteiger partial charge in [0.05, 0.1) is 87.5 Å². The van der Waals surface area contributed by atoms with Crippen LogP contribution in [0.1, 0.15) is 342 Å². The van der Waals surface area contributed by atoms with Crippen molar-refractivity contribution in [2.75, 3.05) is 55.9 Å². The molecule has 11 N–H and O–H groups in total. The van der Waals surface area contributed by atoms with E-state index in [1.54, 1.807) is 21.3 Å². The fourth-order valence-electron chi connectivity index (χ4n) is 39.0. The van der Waals surface area contributed by atoms with Gasteiger partial charge in [-0.05, 0) is 383 Å². The molecule has 48 atom stereocenters. The summed E-state index contributed by atoms with van der Waals surface area (Å²) in [5.41, 5.74) is -0.336. The van der Waals surface area contributed by atoms with E-state index in [0.717, 1.165) is 186 Å². The topological polar surface area (TPSA) is 365 Å². The number of hydrogen-bond acceptors (Lipinski definition) is 21. The molecule has 23 heteroatoms. The van der Waals surface area contributed by atoms with Gasteiger partial charge < -0.3 is 94.1 Å². The standard InChI is InChI=1S/C33H58O8.C27H46O5.2C26H44O5/c1-9-23-26-16-22(39-18-35-5)14-15-32(26,3)27-17-28(40-19-36-6)33(4)24(21(2)10-13-29(34)38-8)11-12-25(33)30(27)31(23)41-20-37-7;1-6-17-20-13-16(28)11-12-26(20,3)21-14-22(29)27(4)18(15(2)7-10-23(30)32-5)8-9-19(27)24(21)25(17)31;2*1-5-16-19-12-15(27)10-11-25(19,3)20-13-21(28)26(4)17(14(2)6-9-22(29)30)7-8-18(26)23(20)24(16)31/h21-28,30-31H,9-20H2,1-8H3;15-22,24-25,28-29,31H,6-14H2,1-5H3;2*14-21,23-24,27-28,31H,5-13H2,1-4H3,(H,29,30)/t21-,22-,23-,24-,25?,26+,27?,28+,30?,31-,32+,33-;15-,16-,17-,18-,19?,20+,21?,22+,24?,25-,26+,27-;2*14-,15-,16-,17-,18?,19+,20?,21+,23?,24-,25+,26-/m1111/s1. The number of aliphatic carboxylic acids is 2. The van der Waals surface area contributed by atoms with Crippen molar-refractivity contribution in [2.45, 2.75) is 415 Å². The molecule has 16 rings (SSSR count). The van der Waals surface area contributed by atoms with Crippen LogP contribution in [0.25, 0.3) is 0 Å². The van der Waals surface area contributed by atoms with E-state index >= 15 is 0 Å². The number of esters is 2. The first kappa shape index (κ1) is 110. The lowest BCUT2D eigenvalue weighted by atomic mass is 9.40. The highest BCUT2D eigenvalue weighted by Gasteiger charge is 2.74. The molecule has 0 saturated heterocycles. The predicted molar refractivity (Wildman–Crippen MR) is 518 cm³/mol. The van der Waals surface area contributed by atoms with Crippen LogP contribution in [0, 0.1) is 209 Å². The summed E-state index contributed by atoms with van der Waals surface area (Å²) >= 11 is 0. The molecule has 16 saturated carbocycles.